The van der Waals surface area contributed by atoms with Crippen molar-refractivity contribution in [3.63, 3.8) is 0 Å². The lowest BCUT2D eigenvalue weighted by atomic mass is 9.73. The summed E-state index contributed by atoms with van der Waals surface area (Å²) in [5, 5.41) is 4.76. The summed E-state index contributed by atoms with van der Waals surface area (Å²) in [6.45, 7) is 0.669. The standard InChI is InChI=1S/C33H33FN4O2/c34-33-27-21-26(17-18-28(27)38(37-33)30-11-4-5-20-40-30)32(25-15-12-22(13-16-25)14-19-29(39)36-35)31(24-9-6-10-24)23-7-2-1-3-8-23/h1-3,7-8,12-19,21,24,30H,4-6,9-11,20,35H2,(H,36,39)/b19-14+,32-31-. The Balaban J connectivity index is 1.50. The first-order chi connectivity index (χ1) is 19.6. The maximum absolute atomic E-state index is 15.3. The fraction of sp³-hybridized carbons (Fsp3) is 0.273. The minimum atomic E-state index is -0.478. The molecule has 2 heterocycles. The smallest absolute Gasteiger partial charge is 0.257 e. The summed E-state index contributed by atoms with van der Waals surface area (Å²) >= 11 is 0. The molecule has 3 N–H and O–H groups in total. The predicted molar refractivity (Wildman–Crippen MR) is 156 cm³/mol. The molecular formula is C33H33FN4O2. The minimum Gasteiger partial charge on any atom is -0.356 e. The molecule has 0 radical (unpaired) electrons. The van der Waals surface area contributed by atoms with E-state index in [1.165, 1.54) is 23.6 Å². The van der Waals surface area contributed by atoms with E-state index in [0.29, 0.717) is 17.9 Å². The zero-order valence-electron chi connectivity index (χ0n) is 22.4. The maximum atomic E-state index is 15.3. The summed E-state index contributed by atoms with van der Waals surface area (Å²) in [7, 11) is 0. The number of carbonyl (C=O) groups is 1. The molecule has 1 amide bonds. The number of hydrogen-bond donors (Lipinski definition) is 2. The average Bonchev–Trinajstić information content (AvgIpc) is 3.31. The van der Waals surface area contributed by atoms with Gasteiger partial charge >= 0.3 is 0 Å². The molecule has 1 saturated heterocycles. The highest BCUT2D eigenvalue weighted by atomic mass is 19.1. The van der Waals surface area contributed by atoms with Gasteiger partial charge in [-0.3, -0.25) is 10.2 Å². The van der Waals surface area contributed by atoms with Gasteiger partial charge in [0, 0.05) is 12.7 Å². The molecule has 40 heavy (non-hydrogen) atoms. The van der Waals surface area contributed by atoms with Gasteiger partial charge in [-0.15, -0.1) is 5.10 Å². The number of benzene rings is 3. The number of allylic oxidation sites excluding steroid dienone is 1. The van der Waals surface area contributed by atoms with Crippen LogP contribution in [0.5, 0.6) is 0 Å². The van der Waals surface area contributed by atoms with Gasteiger partial charge < -0.3 is 4.74 Å². The van der Waals surface area contributed by atoms with Gasteiger partial charge in [-0.25, -0.2) is 10.5 Å². The highest BCUT2D eigenvalue weighted by Crippen LogP contribution is 2.45. The second-order valence-corrected chi connectivity index (χ2v) is 10.5. The Hall–Kier alpha value is -4.07. The summed E-state index contributed by atoms with van der Waals surface area (Å²) < 4.78 is 23.0. The Morgan fingerprint density at radius 2 is 1.73 bits per heavy atom. The van der Waals surface area contributed by atoms with Gasteiger partial charge in [-0.2, -0.15) is 4.39 Å². The lowest BCUT2D eigenvalue weighted by Gasteiger charge is -2.31. The Morgan fingerprint density at radius 3 is 2.40 bits per heavy atom. The van der Waals surface area contributed by atoms with Crippen molar-refractivity contribution in [1.29, 1.82) is 0 Å². The van der Waals surface area contributed by atoms with E-state index < -0.39 is 5.95 Å². The van der Waals surface area contributed by atoms with E-state index in [-0.39, 0.29) is 12.1 Å². The second kappa shape index (κ2) is 11.6. The summed E-state index contributed by atoms with van der Waals surface area (Å²) in [5.41, 5.74) is 9.27. The van der Waals surface area contributed by atoms with Gasteiger partial charge in [-0.05, 0) is 89.6 Å². The molecule has 0 bridgehead atoms. The lowest BCUT2D eigenvalue weighted by Crippen LogP contribution is -2.27. The van der Waals surface area contributed by atoms with Crippen LogP contribution < -0.4 is 11.3 Å². The molecule has 1 unspecified atom stereocenters. The Labute approximate surface area is 233 Å². The number of nitrogens with two attached hydrogens (primary N) is 1. The molecule has 1 aliphatic carbocycles. The Kier molecular flexibility index (Phi) is 7.58. The molecule has 2 aliphatic rings. The molecule has 3 aromatic carbocycles. The monoisotopic (exact) mass is 536 g/mol. The van der Waals surface area contributed by atoms with E-state index in [1.807, 2.05) is 30.3 Å². The van der Waals surface area contributed by atoms with Crippen molar-refractivity contribution in [2.75, 3.05) is 6.61 Å². The van der Waals surface area contributed by atoms with Crippen molar-refractivity contribution in [1.82, 2.24) is 15.2 Å². The number of halogens is 1. The average molecular weight is 537 g/mol. The highest BCUT2D eigenvalue weighted by Gasteiger charge is 2.28. The van der Waals surface area contributed by atoms with Crippen LogP contribution in [0.1, 0.15) is 67.0 Å². The van der Waals surface area contributed by atoms with Gasteiger partial charge in [0.2, 0.25) is 5.95 Å². The van der Waals surface area contributed by atoms with Crippen LogP contribution in [-0.2, 0) is 9.53 Å². The van der Waals surface area contributed by atoms with Crippen LogP contribution >= 0.6 is 0 Å². The number of nitrogens with zero attached hydrogens (tertiary/aromatic N) is 2. The van der Waals surface area contributed by atoms with Crippen molar-refractivity contribution in [3.05, 3.63) is 107 Å². The number of hydrazine groups is 1. The molecule has 1 aliphatic heterocycles. The van der Waals surface area contributed by atoms with Gasteiger partial charge in [0.05, 0.1) is 10.9 Å². The van der Waals surface area contributed by atoms with Gasteiger partial charge in [0.15, 0.2) is 6.23 Å². The second-order valence-electron chi connectivity index (χ2n) is 10.5. The molecule has 7 heteroatoms. The van der Waals surface area contributed by atoms with Crippen molar-refractivity contribution < 1.29 is 13.9 Å². The first kappa shape index (κ1) is 26.2. The van der Waals surface area contributed by atoms with Crippen LogP contribution in [0, 0.1) is 11.9 Å². The first-order valence-corrected chi connectivity index (χ1v) is 14.0. The molecule has 6 nitrogen and oxygen atoms in total. The molecule has 1 saturated carbocycles. The Bertz CT molecular complexity index is 1560. The summed E-state index contributed by atoms with van der Waals surface area (Å²) in [6.07, 6.45) is 9.23. The number of rotatable bonds is 7. The fourth-order valence-electron chi connectivity index (χ4n) is 5.75. The van der Waals surface area contributed by atoms with Crippen LogP contribution in [0.4, 0.5) is 4.39 Å². The van der Waals surface area contributed by atoms with Crippen molar-refractivity contribution in [3.8, 4) is 0 Å². The highest BCUT2D eigenvalue weighted by molar-refractivity contribution is 6.01. The van der Waals surface area contributed by atoms with E-state index in [9.17, 15) is 4.79 Å². The molecule has 2 fully saturated rings. The third kappa shape index (κ3) is 5.22. The number of amides is 1. The predicted octanol–water partition coefficient (Wildman–Crippen LogP) is 6.64. The largest absolute Gasteiger partial charge is 0.356 e. The first-order valence-electron chi connectivity index (χ1n) is 14.0. The van der Waals surface area contributed by atoms with Crippen molar-refractivity contribution in [2.24, 2.45) is 11.8 Å². The normalized spacial score (nSPS) is 18.5. The summed E-state index contributed by atoms with van der Waals surface area (Å²) in [6, 6.07) is 24.6. The van der Waals surface area contributed by atoms with Crippen LogP contribution in [-0.4, -0.2) is 22.3 Å². The minimum absolute atomic E-state index is 0.238. The van der Waals surface area contributed by atoms with Crippen LogP contribution in [0.2, 0.25) is 0 Å². The SMILES string of the molecule is NNC(=O)/C=C/c1ccc(/C(=C(\c2ccccc2)C2CCC2)c2ccc3c(c2)c(F)nn3C2CCCCO2)cc1. The van der Waals surface area contributed by atoms with Crippen molar-refractivity contribution >= 4 is 34.0 Å². The van der Waals surface area contributed by atoms with E-state index >= 15 is 4.39 Å². The summed E-state index contributed by atoms with van der Waals surface area (Å²) in [5.74, 6) is 4.77. The van der Waals surface area contributed by atoms with Crippen molar-refractivity contribution in [2.45, 2.75) is 44.8 Å². The lowest BCUT2D eigenvalue weighted by molar-refractivity contribution is -0.116. The topological polar surface area (TPSA) is 82.2 Å². The number of ether oxygens (including phenoxy) is 1. The fourth-order valence-corrected chi connectivity index (χ4v) is 5.75. The molecule has 0 spiro atoms. The van der Waals surface area contributed by atoms with Crippen LogP contribution in [0.25, 0.3) is 28.1 Å². The zero-order valence-corrected chi connectivity index (χ0v) is 22.4. The third-order valence-electron chi connectivity index (χ3n) is 8.01. The molecule has 6 rings (SSSR count). The van der Waals surface area contributed by atoms with Gasteiger partial charge in [0.1, 0.15) is 0 Å². The van der Waals surface area contributed by atoms with Gasteiger partial charge in [0.25, 0.3) is 5.91 Å². The number of fused-ring (bicyclic) bond motifs is 1. The Morgan fingerprint density at radius 1 is 0.950 bits per heavy atom. The number of nitrogens with one attached hydrogen (secondary N) is 1. The number of carbonyl (C=O) groups excluding carboxylic acids is 1. The molecule has 4 aromatic rings. The van der Waals surface area contributed by atoms with Crippen LogP contribution in [0.3, 0.4) is 0 Å². The van der Waals surface area contributed by atoms with E-state index in [1.54, 1.807) is 10.8 Å². The maximum Gasteiger partial charge on any atom is 0.257 e. The molecule has 1 aromatic heterocycles. The van der Waals surface area contributed by atoms with E-state index in [4.69, 9.17) is 10.6 Å². The van der Waals surface area contributed by atoms with E-state index in [0.717, 1.165) is 59.9 Å². The zero-order chi connectivity index (χ0) is 27.5. The molecule has 1 atom stereocenters. The molecule has 204 valence electrons. The number of aromatic nitrogens is 2. The van der Waals surface area contributed by atoms with Gasteiger partial charge in [-0.1, -0.05) is 67.1 Å². The van der Waals surface area contributed by atoms with E-state index in [2.05, 4.69) is 53.0 Å². The third-order valence-corrected chi connectivity index (χ3v) is 8.01. The number of hydrogen-bond acceptors (Lipinski definition) is 4. The summed E-state index contributed by atoms with van der Waals surface area (Å²) in [4.78, 5) is 11.6. The van der Waals surface area contributed by atoms with Crippen LogP contribution in [0.15, 0.2) is 78.9 Å². The molecular weight excluding hydrogens is 503 g/mol. The quantitative estimate of drug-likeness (QED) is 0.0912.